The van der Waals surface area contributed by atoms with Gasteiger partial charge in [-0.15, -0.1) is 0 Å². The molecule has 108 valence electrons. The van der Waals surface area contributed by atoms with Gasteiger partial charge in [0.15, 0.2) is 0 Å². The number of ether oxygens (including phenoxy) is 1. The normalized spacial score (nSPS) is 11.3. The molecule has 0 aromatic rings. The number of rotatable bonds is 6. The van der Waals surface area contributed by atoms with Crippen molar-refractivity contribution in [1.29, 1.82) is 0 Å². The number of aliphatic hydroxyl groups excluding tert-OH is 1. The van der Waals surface area contributed by atoms with Gasteiger partial charge in [-0.05, 0) is 61.3 Å². The minimum Gasteiger partial charge on any atom is -0.392 e. The molecule has 0 fully saturated rings. The fourth-order valence-electron chi connectivity index (χ4n) is 1.39. The van der Waals surface area contributed by atoms with E-state index in [1.165, 1.54) is 11.1 Å². The summed E-state index contributed by atoms with van der Waals surface area (Å²) >= 11 is 0. The average molecular weight is 256 g/mol. The molecule has 0 aliphatic rings. The second kappa shape index (κ2) is 12.8. The maximum Gasteiger partial charge on any atom is 0.0614 e. The average Bonchev–Trinajstić information content (AvgIpc) is 2.15. The molecule has 2 nitrogen and oxygen atoms in total. The summed E-state index contributed by atoms with van der Waals surface area (Å²) in [6.07, 6.45) is 6.98. The van der Waals surface area contributed by atoms with Gasteiger partial charge in [0.2, 0.25) is 0 Å². The van der Waals surface area contributed by atoms with Crippen LogP contribution in [-0.4, -0.2) is 23.9 Å². The second-order valence-corrected chi connectivity index (χ2v) is 5.29. The largest absolute Gasteiger partial charge is 0.392 e. The molecule has 0 saturated carbocycles. The van der Waals surface area contributed by atoms with Crippen LogP contribution in [0.1, 0.15) is 61.3 Å². The van der Waals surface area contributed by atoms with Gasteiger partial charge in [0.25, 0.3) is 0 Å². The SMILES string of the molecule is CC(C)=CCC/C(C)=C/CO.CC(C)OC(C)C. The van der Waals surface area contributed by atoms with E-state index >= 15 is 0 Å². The van der Waals surface area contributed by atoms with Gasteiger partial charge in [-0.1, -0.05) is 23.3 Å². The van der Waals surface area contributed by atoms with Crippen LogP contribution < -0.4 is 0 Å². The zero-order valence-electron chi connectivity index (χ0n) is 13.3. The molecule has 1 N–H and O–H groups in total. The molecule has 0 aromatic heterocycles. The van der Waals surface area contributed by atoms with Crippen LogP contribution in [0, 0.1) is 0 Å². The highest BCUT2D eigenvalue weighted by atomic mass is 16.5. The van der Waals surface area contributed by atoms with E-state index in [4.69, 9.17) is 9.84 Å². The molecular weight excluding hydrogens is 224 g/mol. The van der Waals surface area contributed by atoms with Crippen LogP contribution in [0.25, 0.3) is 0 Å². The van der Waals surface area contributed by atoms with Crippen molar-refractivity contribution in [2.24, 2.45) is 0 Å². The van der Waals surface area contributed by atoms with Crippen LogP contribution >= 0.6 is 0 Å². The Morgan fingerprint density at radius 1 is 1.00 bits per heavy atom. The summed E-state index contributed by atoms with van der Waals surface area (Å²) in [4.78, 5) is 0. The molecule has 0 amide bonds. The molecule has 2 heteroatoms. The Bertz CT molecular complexity index is 227. The van der Waals surface area contributed by atoms with Crippen LogP contribution in [0.4, 0.5) is 0 Å². The van der Waals surface area contributed by atoms with E-state index in [-0.39, 0.29) is 6.61 Å². The first-order valence-corrected chi connectivity index (χ1v) is 6.84. The Morgan fingerprint density at radius 2 is 1.50 bits per heavy atom. The van der Waals surface area contributed by atoms with Crippen molar-refractivity contribution in [2.75, 3.05) is 6.61 Å². The van der Waals surface area contributed by atoms with Gasteiger partial charge in [0.05, 0.1) is 18.8 Å². The fourth-order valence-corrected chi connectivity index (χ4v) is 1.39. The molecule has 0 unspecified atom stereocenters. The van der Waals surface area contributed by atoms with Crippen molar-refractivity contribution in [2.45, 2.75) is 73.5 Å². The lowest BCUT2D eigenvalue weighted by Gasteiger charge is -2.09. The van der Waals surface area contributed by atoms with E-state index in [2.05, 4.69) is 26.8 Å². The van der Waals surface area contributed by atoms with Gasteiger partial charge in [-0.3, -0.25) is 0 Å². The minimum atomic E-state index is 0.167. The zero-order valence-corrected chi connectivity index (χ0v) is 13.3. The quantitative estimate of drug-likeness (QED) is 0.709. The summed E-state index contributed by atoms with van der Waals surface area (Å²) in [5.74, 6) is 0. The predicted molar refractivity (Wildman–Crippen MR) is 80.9 cm³/mol. The van der Waals surface area contributed by atoms with Crippen molar-refractivity contribution in [3.63, 3.8) is 0 Å². The van der Waals surface area contributed by atoms with Gasteiger partial charge >= 0.3 is 0 Å². The van der Waals surface area contributed by atoms with E-state index in [0.29, 0.717) is 12.2 Å². The predicted octanol–water partition coefficient (Wildman–Crippen LogP) is 4.49. The molecule has 18 heavy (non-hydrogen) atoms. The molecule has 0 saturated heterocycles. The fraction of sp³-hybridized carbons (Fsp3) is 0.750. The van der Waals surface area contributed by atoms with Crippen molar-refractivity contribution in [1.82, 2.24) is 0 Å². The van der Waals surface area contributed by atoms with Crippen LogP contribution in [0.5, 0.6) is 0 Å². The summed E-state index contributed by atoms with van der Waals surface area (Å²) in [7, 11) is 0. The molecule has 0 spiro atoms. The summed E-state index contributed by atoms with van der Waals surface area (Å²) in [6, 6.07) is 0. The van der Waals surface area contributed by atoms with Crippen molar-refractivity contribution < 1.29 is 9.84 Å². The third kappa shape index (κ3) is 20.8. The highest BCUT2D eigenvalue weighted by Gasteiger charge is 1.94. The molecule has 0 aromatic carbocycles. The molecule has 0 rings (SSSR count). The lowest BCUT2D eigenvalue weighted by atomic mass is 10.1. The van der Waals surface area contributed by atoms with E-state index in [1.807, 2.05) is 33.8 Å². The number of hydrogen-bond donors (Lipinski definition) is 1. The highest BCUT2D eigenvalue weighted by Crippen LogP contribution is 2.05. The maximum atomic E-state index is 8.55. The highest BCUT2D eigenvalue weighted by molar-refractivity contribution is 5.01. The molecule has 0 atom stereocenters. The van der Waals surface area contributed by atoms with Crippen LogP contribution in [-0.2, 0) is 4.74 Å². The van der Waals surface area contributed by atoms with Gasteiger partial charge in [-0.25, -0.2) is 0 Å². The third-order valence-electron chi connectivity index (χ3n) is 2.08. The lowest BCUT2D eigenvalue weighted by molar-refractivity contribution is 0.0300. The lowest BCUT2D eigenvalue weighted by Crippen LogP contribution is -2.09. The summed E-state index contributed by atoms with van der Waals surface area (Å²) < 4.78 is 5.25. The van der Waals surface area contributed by atoms with Crippen LogP contribution in [0.3, 0.4) is 0 Å². The number of aliphatic hydroxyl groups is 1. The maximum absolute atomic E-state index is 8.55. The molecule has 0 bridgehead atoms. The first-order chi connectivity index (χ1) is 8.29. The topological polar surface area (TPSA) is 29.5 Å². The first kappa shape index (κ1) is 19.7. The minimum absolute atomic E-state index is 0.167. The van der Waals surface area contributed by atoms with Crippen LogP contribution in [0.2, 0.25) is 0 Å². The molecular formula is C16H32O2. The smallest absolute Gasteiger partial charge is 0.0614 e. The molecule has 0 radical (unpaired) electrons. The summed E-state index contributed by atoms with van der Waals surface area (Å²) in [5, 5.41) is 8.55. The summed E-state index contributed by atoms with van der Waals surface area (Å²) in [6.45, 7) is 14.6. The van der Waals surface area contributed by atoms with E-state index in [9.17, 15) is 0 Å². The van der Waals surface area contributed by atoms with Gasteiger partial charge in [0, 0.05) is 0 Å². The van der Waals surface area contributed by atoms with Crippen molar-refractivity contribution in [3.05, 3.63) is 23.3 Å². The zero-order chi connectivity index (χ0) is 14.6. The first-order valence-electron chi connectivity index (χ1n) is 6.84. The van der Waals surface area contributed by atoms with E-state index in [0.717, 1.165) is 12.8 Å². The Hall–Kier alpha value is -0.600. The van der Waals surface area contributed by atoms with E-state index in [1.54, 1.807) is 0 Å². The molecule has 0 heterocycles. The third-order valence-corrected chi connectivity index (χ3v) is 2.08. The molecule has 0 aliphatic carbocycles. The van der Waals surface area contributed by atoms with Crippen LogP contribution in [0.15, 0.2) is 23.3 Å². The summed E-state index contributed by atoms with van der Waals surface area (Å²) in [5.41, 5.74) is 2.63. The van der Waals surface area contributed by atoms with Gasteiger partial charge < -0.3 is 9.84 Å². The molecule has 0 aliphatic heterocycles. The monoisotopic (exact) mass is 256 g/mol. The number of hydrogen-bond acceptors (Lipinski definition) is 2. The Kier molecular flexibility index (Phi) is 14.1. The van der Waals surface area contributed by atoms with Gasteiger partial charge in [0.1, 0.15) is 0 Å². The van der Waals surface area contributed by atoms with Gasteiger partial charge in [-0.2, -0.15) is 0 Å². The Labute approximate surface area is 114 Å². The van der Waals surface area contributed by atoms with Crippen molar-refractivity contribution in [3.8, 4) is 0 Å². The van der Waals surface area contributed by atoms with E-state index < -0.39 is 0 Å². The second-order valence-electron chi connectivity index (χ2n) is 5.29. The standard InChI is InChI=1S/C10H18O.C6H14O/c1-9(2)5-4-6-10(3)7-8-11;1-5(2)7-6(3)4/h5,7,11H,4,6,8H2,1-3H3;5-6H,1-4H3/b10-7+;. The van der Waals surface area contributed by atoms with Crippen molar-refractivity contribution >= 4 is 0 Å². The number of allylic oxidation sites excluding steroid dienone is 3. The Morgan fingerprint density at radius 3 is 1.78 bits per heavy atom. The Balaban J connectivity index is 0.